The zero-order valence-electron chi connectivity index (χ0n) is 14.4. The number of carbonyl (C=O) groups is 1. The largest absolute Gasteiger partial charge is 0.388 e. The highest BCUT2D eigenvalue weighted by atomic mass is 16.3. The third-order valence-corrected chi connectivity index (χ3v) is 4.75. The Morgan fingerprint density at radius 1 is 1.21 bits per heavy atom. The monoisotopic (exact) mass is 327 g/mol. The van der Waals surface area contributed by atoms with Crippen LogP contribution in [0.3, 0.4) is 0 Å². The number of hydrogen-bond acceptors (Lipinski definition) is 3. The van der Waals surface area contributed by atoms with Crippen LogP contribution in [0, 0.1) is 13.8 Å². The molecule has 5 nitrogen and oxygen atoms in total. The van der Waals surface area contributed by atoms with E-state index in [0.29, 0.717) is 12.1 Å². The number of benzene rings is 1. The number of nitrogens with one attached hydrogen (secondary N) is 1. The summed E-state index contributed by atoms with van der Waals surface area (Å²) in [5, 5.41) is 17.8. The lowest BCUT2D eigenvalue weighted by atomic mass is 9.85. The molecule has 1 aliphatic rings. The first-order chi connectivity index (χ1) is 11.5. The van der Waals surface area contributed by atoms with Crippen LogP contribution < -0.4 is 5.32 Å². The number of carbonyl (C=O) groups excluding carboxylic acids is 1. The van der Waals surface area contributed by atoms with E-state index in [9.17, 15) is 9.90 Å². The van der Waals surface area contributed by atoms with Gasteiger partial charge in [0, 0.05) is 17.8 Å². The highest BCUT2D eigenvalue weighted by Gasteiger charge is 2.29. The maximum Gasteiger partial charge on any atom is 0.251 e. The van der Waals surface area contributed by atoms with Crippen LogP contribution in [0.2, 0.25) is 0 Å². The number of aliphatic hydroxyl groups is 1. The van der Waals surface area contributed by atoms with Gasteiger partial charge in [-0.1, -0.05) is 19.3 Å². The molecule has 1 saturated carbocycles. The van der Waals surface area contributed by atoms with Crippen molar-refractivity contribution in [3.63, 3.8) is 0 Å². The highest BCUT2D eigenvalue weighted by molar-refractivity contribution is 5.94. The van der Waals surface area contributed by atoms with Gasteiger partial charge in [0.05, 0.1) is 17.0 Å². The quantitative estimate of drug-likeness (QED) is 0.907. The van der Waals surface area contributed by atoms with Gasteiger partial charge in [-0.3, -0.25) is 4.79 Å². The van der Waals surface area contributed by atoms with Crippen LogP contribution in [0.25, 0.3) is 5.69 Å². The predicted molar refractivity (Wildman–Crippen MR) is 93.4 cm³/mol. The van der Waals surface area contributed by atoms with Crippen molar-refractivity contribution in [3.05, 3.63) is 47.3 Å². The van der Waals surface area contributed by atoms with Crippen molar-refractivity contribution in [3.8, 4) is 5.69 Å². The Morgan fingerprint density at radius 2 is 1.88 bits per heavy atom. The van der Waals surface area contributed by atoms with Crippen molar-refractivity contribution < 1.29 is 9.90 Å². The molecule has 1 heterocycles. The lowest BCUT2D eigenvalue weighted by Crippen LogP contribution is -2.44. The highest BCUT2D eigenvalue weighted by Crippen LogP contribution is 2.27. The van der Waals surface area contributed by atoms with Gasteiger partial charge in [0.15, 0.2) is 0 Å². The van der Waals surface area contributed by atoms with Gasteiger partial charge in [-0.15, -0.1) is 0 Å². The minimum atomic E-state index is -0.739. The Bertz CT molecular complexity index is 713. The Hall–Kier alpha value is -2.14. The van der Waals surface area contributed by atoms with Gasteiger partial charge >= 0.3 is 0 Å². The Balaban J connectivity index is 1.64. The number of rotatable bonds is 4. The average Bonchev–Trinajstić information content (AvgIpc) is 2.92. The van der Waals surface area contributed by atoms with Crippen LogP contribution in [0.5, 0.6) is 0 Å². The van der Waals surface area contributed by atoms with E-state index in [2.05, 4.69) is 10.4 Å². The van der Waals surface area contributed by atoms with Crippen molar-refractivity contribution in [2.24, 2.45) is 0 Å². The maximum absolute atomic E-state index is 12.3. The van der Waals surface area contributed by atoms with Gasteiger partial charge in [0.2, 0.25) is 0 Å². The summed E-state index contributed by atoms with van der Waals surface area (Å²) in [5.74, 6) is -0.145. The van der Waals surface area contributed by atoms with Gasteiger partial charge in [0.25, 0.3) is 5.91 Å². The molecular formula is C19H25N3O2. The van der Waals surface area contributed by atoms with E-state index in [4.69, 9.17) is 0 Å². The van der Waals surface area contributed by atoms with Crippen molar-refractivity contribution in [1.82, 2.24) is 15.1 Å². The minimum Gasteiger partial charge on any atom is -0.388 e. The summed E-state index contributed by atoms with van der Waals surface area (Å²) in [5.41, 5.74) is 2.82. The van der Waals surface area contributed by atoms with E-state index in [0.717, 1.165) is 42.8 Å². The molecule has 1 aliphatic carbocycles. The first kappa shape index (κ1) is 16.7. The van der Waals surface area contributed by atoms with Crippen LogP contribution in [0.15, 0.2) is 30.3 Å². The van der Waals surface area contributed by atoms with E-state index in [1.807, 2.05) is 36.7 Å². The van der Waals surface area contributed by atoms with Crippen LogP contribution in [-0.2, 0) is 0 Å². The number of hydrogen-bond donors (Lipinski definition) is 2. The molecule has 0 aliphatic heterocycles. The van der Waals surface area contributed by atoms with E-state index in [1.54, 1.807) is 12.1 Å². The molecule has 1 aromatic carbocycles. The first-order valence-corrected chi connectivity index (χ1v) is 8.61. The molecule has 1 amide bonds. The fourth-order valence-corrected chi connectivity index (χ4v) is 3.38. The normalized spacial score (nSPS) is 16.8. The average molecular weight is 327 g/mol. The van der Waals surface area contributed by atoms with Gasteiger partial charge in [-0.05, 0) is 57.0 Å². The molecule has 0 atom stereocenters. The second-order valence-corrected chi connectivity index (χ2v) is 6.85. The lowest BCUT2D eigenvalue weighted by Gasteiger charge is -2.32. The summed E-state index contributed by atoms with van der Waals surface area (Å²) in [7, 11) is 0. The van der Waals surface area contributed by atoms with E-state index in [-0.39, 0.29) is 5.91 Å². The third-order valence-electron chi connectivity index (χ3n) is 4.75. The van der Waals surface area contributed by atoms with Crippen LogP contribution in [0.1, 0.15) is 53.8 Å². The topological polar surface area (TPSA) is 67.2 Å². The standard InChI is InChI=1S/C19H25N3O2/c1-14-12-15(2)22(21-14)17-8-6-16(7-9-17)18(23)20-13-19(24)10-4-3-5-11-19/h6-9,12,24H,3-5,10-11,13H2,1-2H3,(H,20,23). The Kier molecular flexibility index (Phi) is 4.71. The van der Waals surface area contributed by atoms with Crippen molar-refractivity contribution in [2.45, 2.75) is 51.6 Å². The zero-order valence-corrected chi connectivity index (χ0v) is 14.4. The van der Waals surface area contributed by atoms with Gasteiger partial charge in [0.1, 0.15) is 0 Å². The van der Waals surface area contributed by atoms with Crippen LogP contribution >= 0.6 is 0 Å². The van der Waals surface area contributed by atoms with E-state index in [1.165, 1.54) is 6.42 Å². The summed E-state index contributed by atoms with van der Waals surface area (Å²) < 4.78 is 1.86. The van der Waals surface area contributed by atoms with Crippen LogP contribution in [-0.4, -0.2) is 32.9 Å². The third kappa shape index (κ3) is 3.67. The van der Waals surface area contributed by atoms with Gasteiger partial charge < -0.3 is 10.4 Å². The fourth-order valence-electron chi connectivity index (χ4n) is 3.38. The minimum absolute atomic E-state index is 0.145. The fraction of sp³-hybridized carbons (Fsp3) is 0.474. The molecule has 0 radical (unpaired) electrons. The molecule has 3 rings (SSSR count). The first-order valence-electron chi connectivity index (χ1n) is 8.61. The molecule has 24 heavy (non-hydrogen) atoms. The number of aryl methyl sites for hydroxylation is 2. The Labute approximate surface area is 142 Å². The molecule has 0 bridgehead atoms. The molecule has 0 saturated heterocycles. The maximum atomic E-state index is 12.3. The summed E-state index contributed by atoms with van der Waals surface area (Å²) in [4.78, 5) is 12.3. The molecule has 2 aromatic rings. The smallest absolute Gasteiger partial charge is 0.251 e. The number of aromatic nitrogens is 2. The number of nitrogens with zero attached hydrogens (tertiary/aromatic N) is 2. The van der Waals surface area contributed by atoms with Crippen molar-refractivity contribution in [2.75, 3.05) is 6.54 Å². The Morgan fingerprint density at radius 3 is 2.46 bits per heavy atom. The summed E-state index contributed by atoms with van der Waals surface area (Å²) in [6.45, 7) is 4.29. The SMILES string of the molecule is Cc1cc(C)n(-c2ccc(C(=O)NCC3(O)CCCCC3)cc2)n1. The molecule has 0 spiro atoms. The second-order valence-electron chi connectivity index (χ2n) is 6.85. The van der Waals surface area contributed by atoms with E-state index < -0.39 is 5.60 Å². The second kappa shape index (κ2) is 6.77. The van der Waals surface area contributed by atoms with Crippen molar-refractivity contribution in [1.29, 1.82) is 0 Å². The van der Waals surface area contributed by atoms with Crippen LogP contribution in [0.4, 0.5) is 0 Å². The lowest BCUT2D eigenvalue weighted by molar-refractivity contribution is 0.00526. The van der Waals surface area contributed by atoms with E-state index >= 15 is 0 Å². The van der Waals surface area contributed by atoms with Crippen molar-refractivity contribution >= 4 is 5.91 Å². The predicted octanol–water partition coefficient (Wildman–Crippen LogP) is 2.91. The van der Waals surface area contributed by atoms with Gasteiger partial charge in [-0.2, -0.15) is 5.10 Å². The summed E-state index contributed by atoms with van der Waals surface area (Å²) in [6, 6.07) is 9.40. The summed E-state index contributed by atoms with van der Waals surface area (Å²) in [6.07, 6.45) is 4.77. The molecule has 1 fully saturated rings. The molecule has 5 heteroatoms. The summed E-state index contributed by atoms with van der Waals surface area (Å²) >= 11 is 0. The van der Waals surface area contributed by atoms with Gasteiger partial charge in [-0.25, -0.2) is 4.68 Å². The zero-order chi connectivity index (χ0) is 17.2. The molecule has 1 aromatic heterocycles. The molecule has 0 unspecified atom stereocenters. The molecular weight excluding hydrogens is 302 g/mol. The number of amides is 1. The molecule has 2 N–H and O–H groups in total. The molecule has 128 valence electrons.